The lowest BCUT2D eigenvalue weighted by Crippen LogP contribution is -2.33. The van der Waals surface area contributed by atoms with Crippen molar-refractivity contribution in [1.82, 2.24) is 10.2 Å². The van der Waals surface area contributed by atoms with Gasteiger partial charge in [0.2, 0.25) is 0 Å². The van der Waals surface area contributed by atoms with E-state index < -0.39 is 6.61 Å². The van der Waals surface area contributed by atoms with E-state index in [-0.39, 0.29) is 35.7 Å². The summed E-state index contributed by atoms with van der Waals surface area (Å²) >= 11 is 0. The number of halogens is 3. The van der Waals surface area contributed by atoms with E-state index >= 15 is 0 Å². The largest absolute Gasteiger partial charge is 0.434 e. The molecule has 1 saturated heterocycles. The fourth-order valence-electron chi connectivity index (χ4n) is 2.19. The lowest BCUT2D eigenvalue weighted by atomic mass is 10.2. The zero-order chi connectivity index (χ0) is 13.8. The van der Waals surface area contributed by atoms with Gasteiger partial charge in [0.15, 0.2) is 0 Å². The minimum absolute atomic E-state index is 0. The Balaban J connectivity index is 0.00000200. The highest BCUT2D eigenvalue weighted by molar-refractivity contribution is 5.97. The molecule has 20 heavy (non-hydrogen) atoms. The minimum Gasteiger partial charge on any atom is -0.434 e. The van der Waals surface area contributed by atoms with Gasteiger partial charge in [0, 0.05) is 19.1 Å². The average Bonchev–Trinajstić information content (AvgIpc) is 2.86. The molecule has 0 saturated carbocycles. The molecule has 0 aromatic heterocycles. The molecular formula is C13H17ClF2N2O2. The predicted molar refractivity (Wildman–Crippen MR) is 73.7 cm³/mol. The molecule has 112 valence electrons. The Labute approximate surface area is 122 Å². The molecule has 1 atom stereocenters. The maximum Gasteiger partial charge on any atom is 0.387 e. The summed E-state index contributed by atoms with van der Waals surface area (Å²) in [6, 6.07) is 6.34. The van der Waals surface area contributed by atoms with Crippen LogP contribution in [0.2, 0.25) is 0 Å². The number of nitrogens with one attached hydrogen (secondary N) is 1. The summed E-state index contributed by atoms with van der Waals surface area (Å²) in [7, 11) is 1.84. The van der Waals surface area contributed by atoms with Gasteiger partial charge in [0.25, 0.3) is 5.91 Å². The maximum atomic E-state index is 12.3. The lowest BCUT2D eigenvalue weighted by molar-refractivity contribution is -0.0502. The molecule has 0 aliphatic carbocycles. The molecule has 1 fully saturated rings. The van der Waals surface area contributed by atoms with E-state index in [4.69, 9.17) is 0 Å². The Kier molecular flexibility index (Phi) is 6.16. The third-order valence-electron chi connectivity index (χ3n) is 3.22. The van der Waals surface area contributed by atoms with Gasteiger partial charge in [-0.1, -0.05) is 12.1 Å². The number of hydrogen-bond acceptors (Lipinski definition) is 3. The molecule has 1 aromatic rings. The van der Waals surface area contributed by atoms with E-state index in [1.165, 1.54) is 12.1 Å². The first-order valence-corrected chi connectivity index (χ1v) is 6.12. The third kappa shape index (κ3) is 3.80. The SMILES string of the molecule is CNC1CCN(C(=O)c2ccccc2OC(F)F)C1.Cl. The molecule has 1 aliphatic rings. The van der Waals surface area contributed by atoms with E-state index in [1.807, 2.05) is 7.05 Å². The van der Waals surface area contributed by atoms with Gasteiger partial charge >= 0.3 is 6.61 Å². The molecule has 2 rings (SSSR count). The first-order valence-electron chi connectivity index (χ1n) is 6.12. The summed E-state index contributed by atoms with van der Waals surface area (Å²) in [5.41, 5.74) is 0.180. The van der Waals surface area contributed by atoms with Crippen LogP contribution in [0.4, 0.5) is 8.78 Å². The molecule has 0 bridgehead atoms. The monoisotopic (exact) mass is 306 g/mol. The minimum atomic E-state index is -2.93. The van der Waals surface area contributed by atoms with Crippen molar-refractivity contribution in [3.05, 3.63) is 29.8 Å². The van der Waals surface area contributed by atoms with Crippen LogP contribution in [0.5, 0.6) is 5.75 Å². The number of likely N-dealkylation sites (N-methyl/N-ethyl adjacent to an activating group) is 1. The molecule has 1 amide bonds. The van der Waals surface area contributed by atoms with Crippen molar-refractivity contribution in [2.24, 2.45) is 0 Å². The van der Waals surface area contributed by atoms with Gasteiger partial charge in [0.05, 0.1) is 5.56 Å². The molecule has 0 radical (unpaired) electrons. The van der Waals surface area contributed by atoms with Crippen molar-refractivity contribution in [3.8, 4) is 5.75 Å². The summed E-state index contributed by atoms with van der Waals surface area (Å²) in [5, 5.41) is 3.10. The topological polar surface area (TPSA) is 41.6 Å². The Bertz CT molecular complexity index is 460. The molecular weight excluding hydrogens is 290 g/mol. The second-order valence-electron chi connectivity index (χ2n) is 4.40. The zero-order valence-electron chi connectivity index (χ0n) is 11.0. The Morgan fingerprint density at radius 3 is 2.75 bits per heavy atom. The predicted octanol–water partition coefficient (Wildman–Crippen LogP) is 2.14. The number of likely N-dealkylation sites (tertiary alicyclic amines) is 1. The Hall–Kier alpha value is -1.40. The molecule has 7 heteroatoms. The molecule has 4 nitrogen and oxygen atoms in total. The molecule has 1 heterocycles. The Morgan fingerprint density at radius 2 is 2.15 bits per heavy atom. The van der Waals surface area contributed by atoms with Crippen molar-refractivity contribution in [1.29, 1.82) is 0 Å². The van der Waals surface area contributed by atoms with Gasteiger partial charge in [-0.05, 0) is 25.6 Å². The van der Waals surface area contributed by atoms with Crippen LogP contribution in [0, 0.1) is 0 Å². The number of nitrogens with zero attached hydrogens (tertiary/aromatic N) is 1. The van der Waals surface area contributed by atoms with Crippen LogP contribution in [-0.2, 0) is 0 Å². The number of benzene rings is 1. The number of alkyl halides is 2. The number of hydrogen-bond donors (Lipinski definition) is 1. The van der Waals surface area contributed by atoms with Crippen LogP contribution in [0.3, 0.4) is 0 Å². The normalized spacial score (nSPS) is 18.0. The van der Waals surface area contributed by atoms with Crippen LogP contribution in [0.25, 0.3) is 0 Å². The number of para-hydroxylation sites is 1. The summed E-state index contributed by atoms with van der Waals surface area (Å²) in [4.78, 5) is 13.9. The lowest BCUT2D eigenvalue weighted by Gasteiger charge is -2.18. The fourth-order valence-corrected chi connectivity index (χ4v) is 2.19. The zero-order valence-corrected chi connectivity index (χ0v) is 11.8. The fraction of sp³-hybridized carbons (Fsp3) is 0.462. The van der Waals surface area contributed by atoms with Gasteiger partial charge < -0.3 is 15.0 Å². The van der Waals surface area contributed by atoms with Gasteiger partial charge in [-0.3, -0.25) is 4.79 Å². The van der Waals surface area contributed by atoms with Gasteiger partial charge in [0.1, 0.15) is 5.75 Å². The molecule has 1 N–H and O–H groups in total. The van der Waals surface area contributed by atoms with Crippen LogP contribution in [0.1, 0.15) is 16.8 Å². The van der Waals surface area contributed by atoms with E-state index in [2.05, 4.69) is 10.1 Å². The highest BCUT2D eigenvalue weighted by Gasteiger charge is 2.27. The van der Waals surface area contributed by atoms with Crippen molar-refractivity contribution in [3.63, 3.8) is 0 Å². The second kappa shape index (κ2) is 7.40. The summed E-state index contributed by atoms with van der Waals surface area (Å²) in [6.07, 6.45) is 0.861. The average molecular weight is 307 g/mol. The number of carbonyl (C=O) groups is 1. The van der Waals surface area contributed by atoms with Crippen molar-refractivity contribution in [2.45, 2.75) is 19.1 Å². The van der Waals surface area contributed by atoms with Crippen LogP contribution < -0.4 is 10.1 Å². The van der Waals surface area contributed by atoms with Gasteiger partial charge in [-0.2, -0.15) is 8.78 Å². The Morgan fingerprint density at radius 1 is 1.45 bits per heavy atom. The van der Waals surface area contributed by atoms with Crippen molar-refractivity contribution < 1.29 is 18.3 Å². The van der Waals surface area contributed by atoms with E-state index in [0.29, 0.717) is 13.1 Å². The highest BCUT2D eigenvalue weighted by atomic mass is 35.5. The summed E-state index contributed by atoms with van der Waals surface area (Å²) < 4.78 is 29.0. The number of ether oxygens (including phenoxy) is 1. The van der Waals surface area contributed by atoms with Gasteiger partial charge in [-0.25, -0.2) is 0 Å². The quantitative estimate of drug-likeness (QED) is 0.927. The number of rotatable bonds is 4. The standard InChI is InChI=1S/C13H16F2N2O2.ClH/c1-16-9-6-7-17(8-9)12(18)10-4-2-3-5-11(10)19-13(14)15;/h2-5,9,13,16H,6-8H2,1H3;1H. The first kappa shape index (κ1) is 16.7. The molecule has 1 aromatic carbocycles. The number of carbonyl (C=O) groups excluding carboxylic acids is 1. The first-order chi connectivity index (χ1) is 9.11. The van der Waals surface area contributed by atoms with Gasteiger partial charge in [-0.15, -0.1) is 12.4 Å². The van der Waals surface area contributed by atoms with Crippen LogP contribution in [0.15, 0.2) is 24.3 Å². The third-order valence-corrected chi connectivity index (χ3v) is 3.22. The van der Waals surface area contributed by atoms with E-state index in [1.54, 1.807) is 17.0 Å². The van der Waals surface area contributed by atoms with Crippen molar-refractivity contribution in [2.75, 3.05) is 20.1 Å². The highest BCUT2D eigenvalue weighted by Crippen LogP contribution is 2.23. The van der Waals surface area contributed by atoms with E-state index in [0.717, 1.165) is 6.42 Å². The molecule has 1 unspecified atom stereocenters. The molecule has 0 spiro atoms. The van der Waals surface area contributed by atoms with Crippen LogP contribution in [-0.4, -0.2) is 43.6 Å². The maximum absolute atomic E-state index is 12.3. The number of amides is 1. The summed E-state index contributed by atoms with van der Waals surface area (Å²) in [6.45, 7) is -1.73. The van der Waals surface area contributed by atoms with E-state index in [9.17, 15) is 13.6 Å². The molecule has 1 aliphatic heterocycles. The van der Waals surface area contributed by atoms with Crippen molar-refractivity contribution >= 4 is 18.3 Å². The van der Waals surface area contributed by atoms with Crippen LogP contribution >= 0.6 is 12.4 Å². The second-order valence-corrected chi connectivity index (χ2v) is 4.40. The summed E-state index contributed by atoms with van der Waals surface area (Å²) in [5.74, 6) is -0.343. The smallest absolute Gasteiger partial charge is 0.387 e.